The van der Waals surface area contributed by atoms with Gasteiger partial charge >= 0.3 is 5.97 Å². The van der Waals surface area contributed by atoms with E-state index in [1.165, 1.54) is 11.8 Å². The van der Waals surface area contributed by atoms with Crippen LogP contribution in [0, 0.1) is 5.92 Å². The van der Waals surface area contributed by atoms with Crippen LogP contribution in [0.2, 0.25) is 0 Å². The quantitative estimate of drug-likeness (QED) is 0.771. The summed E-state index contributed by atoms with van der Waals surface area (Å²) in [6.45, 7) is 2.55. The van der Waals surface area contributed by atoms with Gasteiger partial charge in [-0.15, -0.1) is 11.8 Å². The number of benzene rings is 2. The van der Waals surface area contributed by atoms with Crippen LogP contribution in [0.15, 0.2) is 59.5 Å². The molecule has 5 nitrogen and oxygen atoms in total. The van der Waals surface area contributed by atoms with Gasteiger partial charge in [0.25, 0.3) is 0 Å². The minimum absolute atomic E-state index is 0.0273. The number of carbonyl (C=O) groups excluding carboxylic acids is 1. The zero-order chi connectivity index (χ0) is 19.4. The van der Waals surface area contributed by atoms with E-state index in [1.54, 1.807) is 12.0 Å². The fourth-order valence-electron chi connectivity index (χ4n) is 3.44. The lowest BCUT2D eigenvalue weighted by Gasteiger charge is -2.21. The van der Waals surface area contributed by atoms with Crippen molar-refractivity contribution in [2.45, 2.75) is 23.0 Å². The highest BCUT2D eigenvalue weighted by molar-refractivity contribution is 8.00. The first-order valence-corrected chi connectivity index (χ1v) is 9.75. The number of hydrogen-bond donors (Lipinski definition) is 1. The number of aliphatic carboxylic acids is 1. The van der Waals surface area contributed by atoms with E-state index < -0.39 is 11.9 Å². The fourth-order valence-corrected chi connectivity index (χ4v) is 4.39. The Morgan fingerprint density at radius 3 is 2.37 bits per heavy atom. The van der Waals surface area contributed by atoms with Crippen molar-refractivity contribution < 1.29 is 19.4 Å². The van der Waals surface area contributed by atoms with E-state index >= 15 is 0 Å². The van der Waals surface area contributed by atoms with Crippen molar-refractivity contribution in [1.82, 2.24) is 4.90 Å². The van der Waals surface area contributed by atoms with Crippen LogP contribution >= 0.6 is 11.8 Å². The molecule has 0 aliphatic carbocycles. The summed E-state index contributed by atoms with van der Waals surface area (Å²) in [6, 6.07) is 17.2. The van der Waals surface area contributed by atoms with Crippen molar-refractivity contribution in [2.24, 2.45) is 5.92 Å². The van der Waals surface area contributed by atoms with Crippen molar-refractivity contribution in [1.29, 1.82) is 0 Å². The molecule has 0 bridgehead atoms. The van der Waals surface area contributed by atoms with Crippen LogP contribution in [0.3, 0.4) is 0 Å². The molecule has 0 radical (unpaired) electrons. The van der Waals surface area contributed by atoms with Crippen LogP contribution < -0.4 is 4.74 Å². The first-order chi connectivity index (χ1) is 13.0. The van der Waals surface area contributed by atoms with Crippen LogP contribution in [-0.4, -0.2) is 47.3 Å². The van der Waals surface area contributed by atoms with Crippen LogP contribution in [0.4, 0.5) is 0 Å². The van der Waals surface area contributed by atoms with Crippen LogP contribution in [0.5, 0.6) is 5.75 Å². The molecular weight excluding hydrogens is 362 g/mol. The Hall–Kier alpha value is -2.47. The lowest BCUT2D eigenvalue weighted by Crippen LogP contribution is -2.35. The molecule has 1 aliphatic heterocycles. The second-order valence-electron chi connectivity index (χ2n) is 6.64. The van der Waals surface area contributed by atoms with Gasteiger partial charge in [0.15, 0.2) is 0 Å². The molecule has 1 fully saturated rings. The number of ether oxygens (including phenoxy) is 1. The van der Waals surface area contributed by atoms with E-state index in [0.717, 1.165) is 16.2 Å². The zero-order valence-corrected chi connectivity index (χ0v) is 16.2. The van der Waals surface area contributed by atoms with Gasteiger partial charge in [0.05, 0.1) is 18.3 Å². The molecule has 0 saturated carbocycles. The van der Waals surface area contributed by atoms with Gasteiger partial charge < -0.3 is 14.7 Å². The first kappa shape index (κ1) is 19.3. The predicted octanol–water partition coefficient (Wildman–Crippen LogP) is 3.50. The highest BCUT2D eigenvalue weighted by Crippen LogP contribution is 2.35. The van der Waals surface area contributed by atoms with E-state index in [1.807, 2.05) is 61.5 Å². The maximum atomic E-state index is 12.9. The number of rotatable bonds is 6. The van der Waals surface area contributed by atoms with Gasteiger partial charge in [-0.25, -0.2) is 0 Å². The Kier molecular flexibility index (Phi) is 6.06. The van der Waals surface area contributed by atoms with E-state index in [-0.39, 0.29) is 23.6 Å². The molecular formula is C21H23NO4S. The molecule has 1 saturated heterocycles. The molecule has 3 unspecified atom stereocenters. The number of nitrogens with zero attached hydrogens (tertiary/aromatic N) is 1. The molecule has 1 heterocycles. The number of thioether (sulfide) groups is 1. The van der Waals surface area contributed by atoms with Gasteiger partial charge in [-0.3, -0.25) is 9.59 Å². The zero-order valence-electron chi connectivity index (χ0n) is 15.4. The van der Waals surface area contributed by atoms with Crippen molar-refractivity contribution >= 4 is 23.6 Å². The number of carbonyl (C=O) groups is 2. The minimum Gasteiger partial charge on any atom is -0.497 e. The van der Waals surface area contributed by atoms with Crippen LogP contribution in [0.1, 0.15) is 18.4 Å². The second-order valence-corrected chi connectivity index (χ2v) is 8.05. The Bertz CT molecular complexity index is 794. The number of methoxy groups -OCH3 is 1. The largest absolute Gasteiger partial charge is 0.497 e. The van der Waals surface area contributed by atoms with Crippen molar-refractivity contribution in [2.75, 3.05) is 20.2 Å². The SMILES string of the molecule is COc1ccc(SC(C)C(=O)N2CC(C(=O)O)C(c3ccccc3)C2)cc1. The maximum absolute atomic E-state index is 12.9. The van der Waals surface area contributed by atoms with Crippen LogP contribution in [0.25, 0.3) is 0 Å². The molecule has 2 aromatic carbocycles. The molecule has 6 heteroatoms. The number of carboxylic acids is 1. The molecule has 1 N–H and O–H groups in total. The van der Waals surface area contributed by atoms with Gasteiger partial charge in [-0.05, 0) is 36.8 Å². The average molecular weight is 385 g/mol. The predicted molar refractivity (Wildman–Crippen MR) is 105 cm³/mol. The molecule has 1 aliphatic rings. The fraction of sp³-hybridized carbons (Fsp3) is 0.333. The summed E-state index contributed by atoms with van der Waals surface area (Å²) >= 11 is 1.47. The van der Waals surface area contributed by atoms with E-state index in [9.17, 15) is 14.7 Å². The Morgan fingerprint density at radius 2 is 1.78 bits per heavy atom. The van der Waals surface area contributed by atoms with Gasteiger partial charge in [0.2, 0.25) is 5.91 Å². The number of carboxylic acid groups (broad SMARTS) is 1. The van der Waals surface area contributed by atoms with Gasteiger partial charge in [-0.1, -0.05) is 30.3 Å². The molecule has 142 valence electrons. The Balaban J connectivity index is 1.69. The number of hydrogen-bond acceptors (Lipinski definition) is 4. The van der Waals surface area contributed by atoms with Crippen molar-refractivity contribution in [3.63, 3.8) is 0 Å². The number of amides is 1. The minimum atomic E-state index is -0.852. The summed E-state index contributed by atoms with van der Waals surface area (Å²) in [4.78, 5) is 27.3. The summed E-state index contributed by atoms with van der Waals surface area (Å²) in [5.74, 6) is -0.858. The summed E-state index contributed by atoms with van der Waals surface area (Å²) in [5.41, 5.74) is 0.968. The smallest absolute Gasteiger partial charge is 0.308 e. The van der Waals surface area contributed by atoms with Gasteiger partial charge in [0, 0.05) is 23.9 Å². The summed E-state index contributed by atoms with van der Waals surface area (Å²) in [7, 11) is 1.61. The second kappa shape index (κ2) is 8.48. The highest BCUT2D eigenvalue weighted by atomic mass is 32.2. The summed E-state index contributed by atoms with van der Waals surface area (Å²) < 4.78 is 5.15. The number of likely N-dealkylation sites (tertiary alicyclic amines) is 1. The molecule has 0 spiro atoms. The lowest BCUT2D eigenvalue weighted by atomic mass is 9.89. The molecule has 27 heavy (non-hydrogen) atoms. The average Bonchev–Trinajstić information content (AvgIpc) is 3.14. The maximum Gasteiger partial charge on any atom is 0.308 e. The van der Waals surface area contributed by atoms with E-state index in [4.69, 9.17) is 4.74 Å². The van der Waals surface area contributed by atoms with E-state index in [0.29, 0.717) is 6.54 Å². The van der Waals surface area contributed by atoms with E-state index in [2.05, 4.69) is 0 Å². The van der Waals surface area contributed by atoms with Crippen LogP contribution in [-0.2, 0) is 9.59 Å². The topological polar surface area (TPSA) is 66.8 Å². The highest BCUT2D eigenvalue weighted by Gasteiger charge is 2.41. The third kappa shape index (κ3) is 4.45. The third-order valence-corrected chi connectivity index (χ3v) is 6.00. The molecule has 2 aromatic rings. The normalized spacial score (nSPS) is 20.3. The molecule has 3 rings (SSSR count). The lowest BCUT2D eigenvalue weighted by molar-refractivity contribution is -0.141. The standard InChI is InChI=1S/C21H23NO4S/c1-14(27-17-10-8-16(26-2)9-11-17)20(23)22-12-18(19(13-22)21(24)25)15-6-4-3-5-7-15/h3-11,14,18-19H,12-13H2,1-2H3,(H,24,25). The monoisotopic (exact) mass is 385 g/mol. The van der Waals surface area contributed by atoms with Gasteiger partial charge in [0.1, 0.15) is 5.75 Å². The first-order valence-electron chi connectivity index (χ1n) is 8.87. The summed E-state index contributed by atoms with van der Waals surface area (Å²) in [6.07, 6.45) is 0. The van der Waals surface area contributed by atoms with Crippen molar-refractivity contribution in [3.8, 4) is 5.75 Å². The molecule has 0 aromatic heterocycles. The Morgan fingerprint density at radius 1 is 1.11 bits per heavy atom. The molecule has 1 amide bonds. The third-order valence-electron chi connectivity index (χ3n) is 4.90. The summed E-state index contributed by atoms with van der Waals surface area (Å²) in [5, 5.41) is 9.32. The Labute approximate surface area is 163 Å². The van der Waals surface area contributed by atoms with Crippen molar-refractivity contribution in [3.05, 3.63) is 60.2 Å². The van der Waals surface area contributed by atoms with Gasteiger partial charge in [-0.2, -0.15) is 0 Å². The molecule has 3 atom stereocenters.